The van der Waals surface area contributed by atoms with Crippen molar-refractivity contribution in [2.75, 3.05) is 6.54 Å². The minimum Gasteiger partial charge on any atom is -0.270 e. The molecule has 1 aromatic rings. The molecule has 1 saturated carbocycles. The van der Waals surface area contributed by atoms with E-state index < -0.39 is 0 Å². The lowest BCUT2D eigenvalue weighted by molar-refractivity contribution is 0.0671. The number of fused-ring (bicyclic) bond motifs is 3. The number of benzene rings is 1. The molecule has 1 fully saturated rings. The van der Waals surface area contributed by atoms with Gasteiger partial charge in [0.2, 0.25) is 0 Å². The van der Waals surface area contributed by atoms with E-state index in [4.69, 9.17) is 0 Å². The lowest BCUT2D eigenvalue weighted by Crippen LogP contribution is -2.30. The molecule has 3 heteroatoms. The standard InChI is InChI=1S/C19H17NO2/c21-18-16-7-3-4-8-17(16)19(22)20(18)10-9-15-12-13-5-1-2-6-14(15)11-13/h1-9,13-14H,10-12H2/b15-9+/t13-,14+/m0/s1. The first-order valence-electron chi connectivity index (χ1n) is 7.73. The van der Waals surface area contributed by atoms with Gasteiger partial charge in [-0.15, -0.1) is 0 Å². The van der Waals surface area contributed by atoms with Gasteiger partial charge in [-0.3, -0.25) is 14.5 Å². The molecule has 4 rings (SSSR count). The Hall–Kier alpha value is -2.42. The van der Waals surface area contributed by atoms with E-state index in [9.17, 15) is 9.59 Å². The minimum atomic E-state index is -0.175. The smallest absolute Gasteiger partial charge is 0.261 e. The first kappa shape index (κ1) is 13.3. The van der Waals surface area contributed by atoms with Crippen LogP contribution in [0.5, 0.6) is 0 Å². The maximum absolute atomic E-state index is 12.3. The Kier molecular flexibility index (Phi) is 3.07. The zero-order valence-electron chi connectivity index (χ0n) is 12.2. The summed E-state index contributed by atoms with van der Waals surface area (Å²) in [5, 5.41) is 0. The highest BCUT2D eigenvalue weighted by Crippen LogP contribution is 2.39. The molecular weight excluding hydrogens is 274 g/mol. The second kappa shape index (κ2) is 5.09. The number of amides is 2. The van der Waals surface area contributed by atoms with Gasteiger partial charge in [0, 0.05) is 6.54 Å². The van der Waals surface area contributed by atoms with Crippen molar-refractivity contribution in [2.24, 2.45) is 11.8 Å². The van der Waals surface area contributed by atoms with Crippen molar-refractivity contribution in [2.45, 2.75) is 12.8 Å². The first-order valence-corrected chi connectivity index (χ1v) is 7.73. The summed E-state index contributed by atoms with van der Waals surface area (Å²) in [4.78, 5) is 26.0. The van der Waals surface area contributed by atoms with E-state index in [1.807, 2.05) is 0 Å². The first-order chi connectivity index (χ1) is 10.7. The molecule has 2 atom stereocenters. The van der Waals surface area contributed by atoms with Gasteiger partial charge in [-0.25, -0.2) is 0 Å². The summed E-state index contributed by atoms with van der Waals surface area (Å²) >= 11 is 0. The predicted octanol–water partition coefficient (Wildman–Crippen LogP) is 3.36. The van der Waals surface area contributed by atoms with E-state index in [0.717, 1.165) is 12.8 Å². The summed E-state index contributed by atoms with van der Waals surface area (Å²) in [5.41, 5.74) is 2.40. The third-order valence-corrected chi connectivity index (χ3v) is 4.78. The van der Waals surface area contributed by atoms with Crippen LogP contribution < -0.4 is 0 Å². The number of hydrogen-bond donors (Lipinski definition) is 0. The van der Waals surface area contributed by atoms with Crippen LogP contribution in [0.4, 0.5) is 0 Å². The Morgan fingerprint density at radius 2 is 1.73 bits per heavy atom. The van der Waals surface area contributed by atoms with Gasteiger partial charge in [-0.2, -0.15) is 0 Å². The minimum absolute atomic E-state index is 0.175. The van der Waals surface area contributed by atoms with Crippen LogP contribution in [0, 0.1) is 11.8 Å². The highest BCUT2D eigenvalue weighted by atomic mass is 16.2. The number of carbonyl (C=O) groups excluding carboxylic acids is 2. The number of imide groups is 1. The molecule has 0 radical (unpaired) electrons. The van der Waals surface area contributed by atoms with Gasteiger partial charge in [0.15, 0.2) is 0 Å². The second-order valence-electron chi connectivity index (χ2n) is 6.12. The normalized spacial score (nSPS) is 27.6. The molecule has 0 spiro atoms. The van der Waals surface area contributed by atoms with Gasteiger partial charge < -0.3 is 0 Å². The van der Waals surface area contributed by atoms with Gasteiger partial charge in [0.25, 0.3) is 11.8 Å². The maximum Gasteiger partial charge on any atom is 0.261 e. The molecule has 0 N–H and O–H groups in total. The average Bonchev–Trinajstić information content (AvgIpc) is 2.89. The van der Waals surface area contributed by atoms with Crippen molar-refractivity contribution in [3.05, 3.63) is 71.3 Å². The molecule has 110 valence electrons. The van der Waals surface area contributed by atoms with Crippen LogP contribution in [0.3, 0.4) is 0 Å². The highest BCUT2D eigenvalue weighted by Gasteiger charge is 2.35. The Morgan fingerprint density at radius 1 is 1.05 bits per heavy atom. The summed E-state index contributed by atoms with van der Waals surface area (Å²) in [7, 11) is 0. The average molecular weight is 291 g/mol. The van der Waals surface area contributed by atoms with E-state index >= 15 is 0 Å². The fraction of sp³-hybridized carbons (Fsp3) is 0.263. The van der Waals surface area contributed by atoms with Crippen LogP contribution in [0.1, 0.15) is 33.6 Å². The van der Waals surface area contributed by atoms with E-state index in [1.54, 1.807) is 24.3 Å². The van der Waals surface area contributed by atoms with Gasteiger partial charge in [0.1, 0.15) is 0 Å². The molecule has 2 bridgehead atoms. The fourth-order valence-electron chi connectivity index (χ4n) is 3.63. The van der Waals surface area contributed by atoms with Crippen molar-refractivity contribution in [3.63, 3.8) is 0 Å². The fourth-order valence-corrected chi connectivity index (χ4v) is 3.63. The van der Waals surface area contributed by atoms with Gasteiger partial charge in [-0.1, -0.05) is 48.1 Å². The number of hydrogen-bond acceptors (Lipinski definition) is 2. The molecular formula is C19H17NO2. The number of carbonyl (C=O) groups is 2. The molecule has 1 aromatic carbocycles. The third kappa shape index (κ3) is 2.05. The Labute approximate surface area is 129 Å². The van der Waals surface area contributed by atoms with Crippen LogP contribution in [0.15, 0.2) is 60.2 Å². The molecule has 3 nitrogen and oxygen atoms in total. The van der Waals surface area contributed by atoms with Crippen molar-refractivity contribution < 1.29 is 9.59 Å². The Bertz CT molecular complexity index is 707. The molecule has 1 heterocycles. The summed E-state index contributed by atoms with van der Waals surface area (Å²) in [5.74, 6) is 0.695. The quantitative estimate of drug-likeness (QED) is 0.619. The molecule has 0 saturated heterocycles. The largest absolute Gasteiger partial charge is 0.270 e. The SMILES string of the molecule is O=C1c2ccccc2C(=O)N1C/C=C1\C[C@H]2C=CC=C[C@@H]1C2. The Balaban J connectivity index is 1.55. The molecule has 1 aliphatic heterocycles. The van der Waals surface area contributed by atoms with Crippen molar-refractivity contribution >= 4 is 11.8 Å². The zero-order valence-corrected chi connectivity index (χ0v) is 12.2. The molecule has 0 aromatic heterocycles. The second-order valence-corrected chi connectivity index (χ2v) is 6.12. The number of allylic oxidation sites excluding steroid dienone is 5. The summed E-state index contributed by atoms with van der Waals surface area (Å²) in [6.07, 6.45) is 12.9. The van der Waals surface area contributed by atoms with Crippen LogP contribution in [-0.2, 0) is 0 Å². The van der Waals surface area contributed by atoms with E-state index in [1.165, 1.54) is 10.5 Å². The van der Waals surface area contributed by atoms with E-state index in [0.29, 0.717) is 29.5 Å². The van der Waals surface area contributed by atoms with Gasteiger partial charge >= 0.3 is 0 Å². The highest BCUT2D eigenvalue weighted by molar-refractivity contribution is 6.21. The van der Waals surface area contributed by atoms with Gasteiger partial charge in [-0.05, 0) is 36.8 Å². The van der Waals surface area contributed by atoms with Gasteiger partial charge in [0.05, 0.1) is 11.1 Å². The molecule has 2 aliphatic carbocycles. The van der Waals surface area contributed by atoms with Crippen molar-refractivity contribution in [1.29, 1.82) is 0 Å². The molecule has 2 amide bonds. The lowest BCUT2D eigenvalue weighted by Gasteiger charge is -2.13. The lowest BCUT2D eigenvalue weighted by atomic mass is 10.0. The van der Waals surface area contributed by atoms with E-state index in [2.05, 4.69) is 30.4 Å². The summed E-state index contributed by atoms with van der Waals surface area (Å²) in [6, 6.07) is 7.05. The van der Waals surface area contributed by atoms with Crippen molar-refractivity contribution in [1.82, 2.24) is 4.90 Å². The van der Waals surface area contributed by atoms with Crippen LogP contribution in [0.2, 0.25) is 0 Å². The molecule has 0 unspecified atom stereocenters. The predicted molar refractivity (Wildman–Crippen MR) is 84.4 cm³/mol. The monoisotopic (exact) mass is 291 g/mol. The molecule has 22 heavy (non-hydrogen) atoms. The number of nitrogens with zero attached hydrogens (tertiary/aromatic N) is 1. The maximum atomic E-state index is 12.3. The Morgan fingerprint density at radius 3 is 2.45 bits per heavy atom. The topological polar surface area (TPSA) is 37.4 Å². The van der Waals surface area contributed by atoms with Crippen LogP contribution in [0.25, 0.3) is 0 Å². The zero-order chi connectivity index (χ0) is 15.1. The van der Waals surface area contributed by atoms with Crippen LogP contribution >= 0.6 is 0 Å². The summed E-state index contributed by atoms with van der Waals surface area (Å²) < 4.78 is 0. The van der Waals surface area contributed by atoms with Crippen LogP contribution in [-0.4, -0.2) is 23.3 Å². The van der Waals surface area contributed by atoms with Crippen molar-refractivity contribution in [3.8, 4) is 0 Å². The summed E-state index contributed by atoms with van der Waals surface area (Å²) in [6.45, 7) is 0.377. The van der Waals surface area contributed by atoms with E-state index in [-0.39, 0.29) is 11.8 Å². The molecule has 3 aliphatic rings. The number of rotatable bonds is 2. The third-order valence-electron chi connectivity index (χ3n) is 4.78.